The molecule has 2 rings (SSSR count). The highest BCUT2D eigenvalue weighted by Crippen LogP contribution is 2.22. The number of rotatable bonds is 6. The Balaban J connectivity index is 2.21. The van der Waals surface area contributed by atoms with E-state index in [-0.39, 0.29) is 22.9 Å². The van der Waals surface area contributed by atoms with Crippen molar-refractivity contribution in [2.24, 2.45) is 0 Å². The first-order valence-electron chi connectivity index (χ1n) is 8.05. The normalized spacial score (nSPS) is 13.2. The molecule has 2 aromatic rings. The summed E-state index contributed by atoms with van der Waals surface area (Å²) in [6.07, 6.45) is 1.56. The summed E-state index contributed by atoms with van der Waals surface area (Å²) in [5.74, 6) is 0.485. The van der Waals surface area contributed by atoms with Crippen LogP contribution >= 0.6 is 0 Å². The Kier molecular flexibility index (Phi) is 5.69. The monoisotopic (exact) mass is 364 g/mol. The number of carbonyl (C=O) groups is 1. The molecule has 0 aliphatic rings. The van der Waals surface area contributed by atoms with Crippen molar-refractivity contribution >= 4 is 15.9 Å². The standard InChI is InChI=1S/C18H24N2O4S/c1-13(2)20(5)25(22,23)16-10-8-15(9-11-16)18(21)19(4)14(3)17-7-6-12-24-17/h6-14H,1-5H3. The number of benzene rings is 1. The number of nitrogens with zero attached hydrogens (tertiary/aromatic N) is 2. The minimum atomic E-state index is -3.56. The van der Waals surface area contributed by atoms with Crippen molar-refractivity contribution in [3.8, 4) is 0 Å². The van der Waals surface area contributed by atoms with Crippen LogP contribution in [0.15, 0.2) is 52.0 Å². The summed E-state index contributed by atoms with van der Waals surface area (Å²) in [6, 6.07) is 9.22. The zero-order valence-corrected chi connectivity index (χ0v) is 15.9. The minimum absolute atomic E-state index is 0.147. The minimum Gasteiger partial charge on any atom is -0.467 e. The molecule has 0 saturated carbocycles. The highest BCUT2D eigenvalue weighted by molar-refractivity contribution is 7.89. The van der Waals surface area contributed by atoms with Gasteiger partial charge >= 0.3 is 0 Å². The Hall–Kier alpha value is -2.12. The van der Waals surface area contributed by atoms with Gasteiger partial charge in [-0.05, 0) is 57.2 Å². The van der Waals surface area contributed by atoms with Crippen LogP contribution in [0.1, 0.15) is 42.9 Å². The largest absolute Gasteiger partial charge is 0.467 e. The topological polar surface area (TPSA) is 70.8 Å². The van der Waals surface area contributed by atoms with Gasteiger partial charge in [0, 0.05) is 25.7 Å². The molecule has 0 aliphatic heterocycles. The Bertz CT molecular complexity index is 811. The Morgan fingerprint density at radius 1 is 1.04 bits per heavy atom. The number of amides is 1. The summed E-state index contributed by atoms with van der Waals surface area (Å²) < 4.78 is 31.6. The second-order valence-electron chi connectivity index (χ2n) is 6.25. The van der Waals surface area contributed by atoms with Crippen LogP contribution < -0.4 is 0 Å². The Morgan fingerprint density at radius 2 is 1.64 bits per heavy atom. The number of hydrogen-bond donors (Lipinski definition) is 0. The number of furan rings is 1. The first kappa shape index (κ1) is 19.2. The van der Waals surface area contributed by atoms with Crippen LogP contribution in [0.25, 0.3) is 0 Å². The SMILES string of the molecule is CC(c1ccco1)N(C)C(=O)c1ccc(S(=O)(=O)N(C)C(C)C)cc1. The Labute approximate surface area is 149 Å². The van der Waals surface area contributed by atoms with Gasteiger partial charge in [-0.1, -0.05) is 0 Å². The fourth-order valence-electron chi connectivity index (χ4n) is 2.31. The second-order valence-corrected chi connectivity index (χ2v) is 8.24. The van der Waals surface area contributed by atoms with Crippen LogP contribution in [0.2, 0.25) is 0 Å². The lowest BCUT2D eigenvalue weighted by Gasteiger charge is -2.24. The van der Waals surface area contributed by atoms with Gasteiger partial charge in [-0.3, -0.25) is 4.79 Å². The predicted molar refractivity (Wildman–Crippen MR) is 95.7 cm³/mol. The molecule has 6 nitrogen and oxygen atoms in total. The molecule has 0 aliphatic carbocycles. The van der Waals surface area contributed by atoms with Gasteiger partial charge in [0.2, 0.25) is 10.0 Å². The Morgan fingerprint density at radius 3 is 2.12 bits per heavy atom. The molecule has 1 amide bonds. The third-order valence-electron chi connectivity index (χ3n) is 4.36. The molecule has 25 heavy (non-hydrogen) atoms. The molecule has 0 radical (unpaired) electrons. The molecule has 0 spiro atoms. The van der Waals surface area contributed by atoms with E-state index in [0.29, 0.717) is 11.3 Å². The molecule has 1 aromatic carbocycles. The van der Waals surface area contributed by atoms with Gasteiger partial charge in [-0.25, -0.2) is 8.42 Å². The lowest BCUT2D eigenvalue weighted by Crippen LogP contribution is -2.33. The summed E-state index contributed by atoms with van der Waals surface area (Å²) in [6.45, 7) is 5.48. The molecule has 0 saturated heterocycles. The zero-order chi connectivity index (χ0) is 18.8. The fraction of sp³-hybridized carbons (Fsp3) is 0.389. The molecule has 136 valence electrons. The average molecular weight is 364 g/mol. The van der Waals surface area contributed by atoms with Gasteiger partial charge in [-0.15, -0.1) is 0 Å². The van der Waals surface area contributed by atoms with Gasteiger partial charge in [0.1, 0.15) is 5.76 Å². The molecule has 1 atom stereocenters. The van der Waals surface area contributed by atoms with Crippen LogP contribution in [0.3, 0.4) is 0 Å². The highest BCUT2D eigenvalue weighted by atomic mass is 32.2. The van der Waals surface area contributed by atoms with Crippen LogP contribution in [-0.4, -0.2) is 43.7 Å². The first-order chi connectivity index (χ1) is 11.7. The molecule has 0 bridgehead atoms. The molecule has 7 heteroatoms. The van der Waals surface area contributed by atoms with Crippen LogP contribution in [-0.2, 0) is 10.0 Å². The molecule has 0 fully saturated rings. The zero-order valence-electron chi connectivity index (χ0n) is 15.1. The highest BCUT2D eigenvalue weighted by Gasteiger charge is 2.24. The quantitative estimate of drug-likeness (QED) is 0.789. The van der Waals surface area contributed by atoms with Crippen molar-refractivity contribution in [1.82, 2.24) is 9.21 Å². The smallest absolute Gasteiger partial charge is 0.254 e. The summed E-state index contributed by atoms with van der Waals surface area (Å²) in [4.78, 5) is 14.3. The van der Waals surface area contributed by atoms with Crippen molar-refractivity contribution in [1.29, 1.82) is 0 Å². The third-order valence-corrected chi connectivity index (χ3v) is 6.41. The van der Waals surface area contributed by atoms with E-state index in [1.54, 1.807) is 38.1 Å². The van der Waals surface area contributed by atoms with Gasteiger partial charge in [-0.2, -0.15) is 4.31 Å². The van der Waals surface area contributed by atoms with E-state index in [9.17, 15) is 13.2 Å². The van der Waals surface area contributed by atoms with E-state index >= 15 is 0 Å². The van der Waals surface area contributed by atoms with Crippen LogP contribution in [0, 0.1) is 0 Å². The first-order valence-corrected chi connectivity index (χ1v) is 9.49. The van der Waals surface area contributed by atoms with Crippen molar-refractivity contribution < 1.29 is 17.6 Å². The summed E-state index contributed by atoms with van der Waals surface area (Å²) in [7, 11) is -0.333. The van der Waals surface area contributed by atoms with Crippen LogP contribution in [0.4, 0.5) is 0 Å². The second kappa shape index (κ2) is 7.41. The molecule has 0 N–H and O–H groups in total. The maximum atomic E-state index is 12.6. The molecule has 1 aromatic heterocycles. The van der Waals surface area contributed by atoms with E-state index in [4.69, 9.17) is 4.42 Å². The maximum Gasteiger partial charge on any atom is 0.254 e. The van der Waals surface area contributed by atoms with Gasteiger partial charge in [0.05, 0.1) is 17.2 Å². The van der Waals surface area contributed by atoms with Gasteiger partial charge < -0.3 is 9.32 Å². The fourth-order valence-corrected chi connectivity index (χ4v) is 3.68. The van der Waals surface area contributed by atoms with E-state index in [0.717, 1.165) is 0 Å². The van der Waals surface area contributed by atoms with Crippen molar-refractivity contribution in [3.63, 3.8) is 0 Å². The number of sulfonamides is 1. The van der Waals surface area contributed by atoms with E-state index in [1.165, 1.54) is 35.6 Å². The van der Waals surface area contributed by atoms with E-state index in [1.807, 2.05) is 13.0 Å². The van der Waals surface area contributed by atoms with Crippen molar-refractivity contribution in [2.75, 3.05) is 14.1 Å². The molecular formula is C18H24N2O4S. The van der Waals surface area contributed by atoms with Gasteiger partial charge in [0.15, 0.2) is 0 Å². The molecule has 1 heterocycles. The van der Waals surface area contributed by atoms with Crippen molar-refractivity contribution in [2.45, 2.75) is 37.8 Å². The third kappa shape index (κ3) is 3.93. The number of carbonyl (C=O) groups excluding carboxylic acids is 1. The summed E-state index contributed by atoms with van der Waals surface area (Å²) in [5, 5.41) is 0. The maximum absolute atomic E-state index is 12.6. The average Bonchev–Trinajstić information content (AvgIpc) is 3.13. The lowest BCUT2D eigenvalue weighted by atomic mass is 10.1. The molecule has 1 unspecified atom stereocenters. The number of hydrogen-bond acceptors (Lipinski definition) is 4. The van der Waals surface area contributed by atoms with Crippen LogP contribution in [0.5, 0.6) is 0 Å². The summed E-state index contributed by atoms with van der Waals surface area (Å²) in [5.41, 5.74) is 0.423. The summed E-state index contributed by atoms with van der Waals surface area (Å²) >= 11 is 0. The van der Waals surface area contributed by atoms with Crippen molar-refractivity contribution in [3.05, 3.63) is 54.0 Å². The van der Waals surface area contributed by atoms with E-state index < -0.39 is 10.0 Å². The predicted octanol–water partition coefficient (Wildman–Crippen LogP) is 3.14. The van der Waals surface area contributed by atoms with Gasteiger partial charge in [0.25, 0.3) is 5.91 Å². The lowest BCUT2D eigenvalue weighted by molar-refractivity contribution is 0.0726. The molecular weight excluding hydrogens is 340 g/mol. The van der Waals surface area contributed by atoms with E-state index in [2.05, 4.69) is 0 Å².